The van der Waals surface area contributed by atoms with E-state index in [1.807, 2.05) is 37.3 Å². The molecule has 1 nitrogen and oxygen atoms in total. The molecule has 3 heteroatoms. The predicted octanol–water partition coefficient (Wildman–Crippen LogP) is 4.83. The van der Waals surface area contributed by atoms with Crippen molar-refractivity contribution in [2.45, 2.75) is 18.9 Å². The summed E-state index contributed by atoms with van der Waals surface area (Å²) in [6.07, 6.45) is -0.622. The summed E-state index contributed by atoms with van der Waals surface area (Å²) in [5, 5.41) is 11.5. The fraction of sp³-hybridized carbons (Fsp3) is 0.200. The lowest BCUT2D eigenvalue weighted by atomic mass is 9.91. The summed E-state index contributed by atoms with van der Waals surface area (Å²) in [6.45, 7) is 1.98. The summed E-state index contributed by atoms with van der Waals surface area (Å²) in [4.78, 5) is 0. The average Bonchev–Trinajstić information content (AvgIpc) is 2.37. The molecule has 18 heavy (non-hydrogen) atoms. The first kappa shape index (κ1) is 13.4. The Morgan fingerprint density at radius 3 is 2.00 bits per heavy atom. The first-order valence-electron chi connectivity index (χ1n) is 5.77. The Balaban J connectivity index is 2.28. The lowest BCUT2D eigenvalue weighted by Crippen LogP contribution is -2.07. The van der Waals surface area contributed by atoms with Crippen molar-refractivity contribution in [1.29, 1.82) is 0 Å². The topological polar surface area (TPSA) is 20.2 Å². The van der Waals surface area contributed by atoms with Crippen LogP contribution in [0.25, 0.3) is 0 Å². The maximum absolute atomic E-state index is 10.4. The summed E-state index contributed by atoms with van der Waals surface area (Å²) < 4.78 is 0. The van der Waals surface area contributed by atoms with Gasteiger partial charge in [-0.1, -0.05) is 60.5 Å². The van der Waals surface area contributed by atoms with Crippen LogP contribution in [-0.2, 0) is 0 Å². The van der Waals surface area contributed by atoms with Crippen molar-refractivity contribution in [3.05, 3.63) is 69.7 Å². The Morgan fingerprint density at radius 1 is 0.889 bits per heavy atom. The van der Waals surface area contributed by atoms with Gasteiger partial charge in [0.1, 0.15) is 0 Å². The average molecular weight is 281 g/mol. The van der Waals surface area contributed by atoms with Gasteiger partial charge in [0.05, 0.1) is 6.10 Å². The highest BCUT2D eigenvalue weighted by Gasteiger charge is 2.18. The van der Waals surface area contributed by atoms with Gasteiger partial charge >= 0.3 is 0 Å². The van der Waals surface area contributed by atoms with Gasteiger partial charge in [0.25, 0.3) is 0 Å². The van der Waals surface area contributed by atoms with E-state index in [9.17, 15) is 5.11 Å². The number of aliphatic hydroxyl groups excluding tert-OH is 1. The maximum Gasteiger partial charge on any atom is 0.0856 e. The summed E-state index contributed by atoms with van der Waals surface area (Å²) in [6, 6.07) is 15.0. The fourth-order valence-corrected chi connectivity index (χ4v) is 2.52. The lowest BCUT2D eigenvalue weighted by Gasteiger charge is -2.20. The summed E-state index contributed by atoms with van der Waals surface area (Å²) >= 11 is 11.9. The minimum absolute atomic E-state index is 0.0132. The highest BCUT2D eigenvalue weighted by molar-refractivity contribution is 6.34. The van der Waals surface area contributed by atoms with Crippen molar-refractivity contribution in [3.8, 4) is 0 Å². The zero-order valence-electron chi connectivity index (χ0n) is 9.98. The molecule has 2 atom stereocenters. The summed E-state index contributed by atoms with van der Waals surface area (Å²) in [5.74, 6) is -0.0132. The van der Waals surface area contributed by atoms with Gasteiger partial charge in [-0.25, -0.2) is 0 Å². The van der Waals surface area contributed by atoms with E-state index in [-0.39, 0.29) is 5.92 Å². The van der Waals surface area contributed by atoms with Crippen molar-refractivity contribution in [2.24, 2.45) is 0 Å². The van der Waals surface area contributed by atoms with Gasteiger partial charge in [-0.3, -0.25) is 0 Å². The maximum atomic E-state index is 10.4. The standard InChI is InChI=1S/C15H14Cl2O/c1-10(11-5-3-2-4-6-11)15(18)12-7-13(16)9-14(17)8-12/h2-10,15,18H,1H3. The monoisotopic (exact) mass is 280 g/mol. The van der Waals surface area contributed by atoms with Crippen LogP contribution in [0.4, 0.5) is 0 Å². The van der Waals surface area contributed by atoms with Crippen LogP contribution in [0.15, 0.2) is 48.5 Å². The highest BCUT2D eigenvalue weighted by Crippen LogP contribution is 2.33. The molecule has 2 aromatic rings. The Hall–Kier alpha value is -1.02. The van der Waals surface area contributed by atoms with E-state index in [0.717, 1.165) is 11.1 Å². The summed E-state index contributed by atoms with van der Waals surface area (Å²) in [7, 11) is 0. The predicted molar refractivity (Wildman–Crippen MR) is 76.3 cm³/mol. The molecule has 0 spiro atoms. The van der Waals surface area contributed by atoms with Crippen LogP contribution in [0.1, 0.15) is 30.1 Å². The second-order valence-electron chi connectivity index (χ2n) is 4.35. The molecule has 0 aromatic heterocycles. The largest absolute Gasteiger partial charge is 0.388 e. The summed E-state index contributed by atoms with van der Waals surface area (Å²) in [5.41, 5.74) is 1.82. The van der Waals surface area contributed by atoms with Crippen molar-refractivity contribution in [3.63, 3.8) is 0 Å². The molecule has 0 saturated carbocycles. The van der Waals surface area contributed by atoms with Gasteiger partial charge in [0.2, 0.25) is 0 Å². The van der Waals surface area contributed by atoms with Crippen LogP contribution in [0.3, 0.4) is 0 Å². The number of hydrogen-bond donors (Lipinski definition) is 1. The van der Waals surface area contributed by atoms with Gasteiger partial charge in [-0.2, -0.15) is 0 Å². The second kappa shape index (κ2) is 5.75. The number of rotatable bonds is 3. The van der Waals surface area contributed by atoms with Gasteiger partial charge in [-0.15, -0.1) is 0 Å². The molecule has 0 aliphatic rings. The first-order valence-corrected chi connectivity index (χ1v) is 6.52. The molecule has 2 aromatic carbocycles. The van der Waals surface area contributed by atoms with Crippen molar-refractivity contribution in [2.75, 3.05) is 0 Å². The zero-order valence-corrected chi connectivity index (χ0v) is 11.5. The number of benzene rings is 2. The minimum Gasteiger partial charge on any atom is -0.388 e. The Bertz CT molecular complexity index is 505. The fourth-order valence-electron chi connectivity index (χ4n) is 1.97. The van der Waals surface area contributed by atoms with Gasteiger partial charge in [0.15, 0.2) is 0 Å². The molecule has 2 rings (SSSR count). The van der Waals surface area contributed by atoms with E-state index >= 15 is 0 Å². The molecule has 1 N–H and O–H groups in total. The minimum atomic E-state index is -0.622. The van der Waals surface area contributed by atoms with Gasteiger partial charge in [0, 0.05) is 16.0 Å². The smallest absolute Gasteiger partial charge is 0.0856 e. The third-order valence-corrected chi connectivity index (χ3v) is 3.46. The zero-order chi connectivity index (χ0) is 13.1. The lowest BCUT2D eigenvalue weighted by molar-refractivity contribution is 0.151. The number of halogens is 2. The Labute approximate surface area is 117 Å². The van der Waals surface area contributed by atoms with E-state index < -0.39 is 6.10 Å². The molecule has 0 amide bonds. The van der Waals surface area contributed by atoms with E-state index in [1.165, 1.54) is 0 Å². The molecule has 2 unspecified atom stereocenters. The molecule has 0 fully saturated rings. The van der Waals surface area contributed by atoms with Crippen molar-refractivity contribution in [1.82, 2.24) is 0 Å². The van der Waals surface area contributed by atoms with Crippen LogP contribution in [0, 0.1) is 0 Å². The SMILES string of the molecule is CC(c1ccccc1)C(O)c1cc(Cl)cc(Cl)c1. The van der Waals surface area contributed by atoms with Crippen LogP contribution in [0.2, 0.25) is 10.0 Å². The van der Waals surface area contributed by atoms with E-state index in [2.05, 4.69) is 0 Å². The van der Waals surface area contributed by atoms with E-state index in [1.54, 1.807) is 18.2 Å². The normalized spacial score (nSPS) is 14.2. The molecule has 0 bridgehead atoms. The Kier molecular flexibility index (Phi) is 4.28. The third-order valence-electron chi connectivity index (χ3n) is 3.03. The van der Waals surface area contributed by atoms with E-state index in [4.69, 9.17) is 23.2 Å². The Morgan fingerprint density at radius 2 is 1.44 bits per heavy atom. The van der Waals surface area contributed by atoms with Crippen LogP contribution >= 0.6 is 23.2 Å². The van der Waals surface area contributed by atoms with Crippen molar-refractivity contribution < 1.29 is 5.11 Å². The number of hydrogen-bond acceptors (Lipinski definition) is 1. The van der Waals surface area contributed by atoms with Gasteiger partial charge < -0.3 is 5.11 Å². The van der Waals surface area contributed by atoms with Crippen LogP contribution < -0.4 is 0 Å². The van der Waals surface area contributed by atoms with Crippen LogP contribution in [0.5, 0.6) is 0 Å². The molecule has 0 heterocycles. The molecule has 94 valence electrons. The van der Waals surface area contributed by atoms with E-state index in [0.29, 0.717) is 10.0 Å². The molecule has 0 saturated heterocycles. The first-order chi connectivity index (χ1) is 8.58. The van der Waals surface area contributed by atoms with Crippen molar-refractivity contribution >= 4 is 23.2 Å². The second-order valence-corrected chi connectivity index (χ2v) is 5.22. The third kappa shape index (κ3) is 3.05. The quantitative estimate of drug-likeness (QED) is 0.854. The highest BCUT2D eigenvalue weighted by atomic mass is 35.5. The van der Waals surface area contributed by atoms with Crippen LogP contribution in [-0.4, -0.2) is 5.11 Å². The van der Waals surface area contributed by atoms with Gasteiger partial charge in [-0.05, 0) is 29.3 Å². The molecular formula is C15H14Cl2O. The molecule has 0 radical (unpaired) electrons. The molecule has 0 aliphatic heterocycles. The number of aliphatic hydroxyl groups is 1. The molecular weight excluding hydrogens is 267 g/mol. The molecule has 0 aliphatic carbocycles.